The Hall–Kier alpha value is -0.160. The first-order valence-electron chi connectivity index (χ1n) is 3.81. The summed E-state index contributed by atoms with van der Waals surface area (Å²) < 4.78 is 0.0371. The highest BCUT2D eigenvalue weighted by molar-refractivity contribution is 8.01. The van der Waals surface area contributed by atoms with Crippen LogP contribution in [0.5, 0.6) is 0 Å². The molecule has 0 amide bonds. The Balaban J connectivity index is 2.32. The molecule has 0 aliphatic heterocycles. The number of rotatable bonds is 3. The first-order chi connectivity index (χ1) is 4.72. The first-order valence-corrected chi connectivity index (χ1v) is 4.69. The Labute approximate surface area is 66.8 Å². The zero-order valence-electron chi connectivity index (χ0n) is 6.55. The first kappa shape index (κ1) is 7.94. The minimum atomic E-state index is 0.0371. The summed E-state index contributed by atoms with van der Waals surface area (Å²) >= 11 is 1.85. The highest BCUT2D eigenvalue weighted by Gasteiger charge is 2.44. The Kier molecular flexibility index (Phi) is 2.25. The van der Waals surface area contributed by atoms with Crippen molar-refractivity contribution in [2.45, 2.75) is 43.1 Å². The molecule has 0 spiro atoms. The summed E-state index contributed by atoms with van der Waals surface area (Å²) in [7, 11) is 0. The van der Waals surface area contributed by atoms with Gasteiger partial charge in [-0.2, -0.15) is 5.26 Å². The molecule has 1 unspecified atom stereocenters. The molecular weight excluding hydrogens is 142 g/mol. The smallest absolute Gasteiger partial charge is 0.103 e. The maximum absolute atomic E-state index is 8.73. The number of hydrogen-bond acceptors (Lipinski definition) is 2. The summed E-state index contributed by atoms with van der Waals surface area (Å²) in [4.78, 5) is 0. The van der Waals surface area contributed by atoms with Crippen LogP contribution in [0.4, 0.5) is 0 Å². The van der Waals surface area contributed by atoms with Crippen LogP contribution in [-0.4, -0.2) is 10.00 Å². The van der Waals surface area contributed by atoms with Gasteiger partial charge in [0.2, 0.25) is 0 Å². The van der Waals surface area contributed by atoms with E-state index in [2.05, 4.69) is 19.9 Å². The van der Waals surface area contributed by atoms with Gasteiger partial charge in [0.25, 0.3) is 0 Å². The lowest BCUT2D eigenvalue weighted by molar-refractivity contribution is 0.899. The van der Waals surface area contributed by atoms with Crippen LogP contribution >= 0.6 is 11.8 Å². The second-order valence-corrected chi connectivity index (χ2v) is 4.76. The molecule has 56 valence electrons. The maximum Gasteiger partial charge on any atom is 0.103 e. The van der Waals surface area contributed by atoms with Crippen molar-refractivity contribution in [2.24, 2.45) is 0 Å². The van der Waals surface area contributed by atoms with Gasteiger partial charge in [0.1, 0.15) is 4.75 Å². The SMILES string of the molecule is CCC(C)SC1(C#N)CC1. The van der Waals surface area contributed by atoms with Gasteiger partial charge in [-0.15, -0.1) is 11.8 Å². The van der Waals surface area contributed by atoms with Crippen LogP contribution in [0, 0.1) is 11.3 Å². The van der Waals surface area contributed by atoms with Crippen molar-refractivity contribution in [2.75, 3.05) is 0 Å². The highest BCUT2D eigenvalue weighted by atomic mass is 32.2. The molecule has 0 aromatic rings. The van der Waals surface area contributed by atoms with Crippen LogP contribution in [0.3, 0.4) is 0 Å². The standard InChI is InChI=1S/C8H13NS/c1-3-7(2)10-8(6-9)4-5-8/h7H,3-5H2,1-2H3. The Morgan fingerprint density at radius 3 is 2.60 bits per heavy atom. The fourth-order valence-electron chi connectivity index (χ4n) is 0.838. The van der Waals surface area contributed by atoms with Gasteiger partial charge >= 0.3 is 0 Å². The van der Waals surface area contributed by atoms with Crippen molar-refractivity contribution in [3.8, 4) is 6.07 Å². The van der Waals surface area contributed by atoms with Crippen molar-refractivity contribution >= 4 is 11.8 Å². The van der Waals surface area contributed by atoms with Crippen LogP contribution in [-0.2, 0) is 0 Å². The van der Waals surface area contributed by atoms with Gasteiger partial charge in [-0.25, -0.2) is 0 Å². The summed E-state index contributed by atoms with van der Waals surface area (Å²) in [5.41, 5.74) is 0. The van der Waals surface area contributed by atoms with Crippen LogP contribution in [0.1, 0.15) is 33.1 Å². The average Bonchev–Trinajstić information content (AvgIpc) is 2.70. The fourth-order valence-corrected chi connectivity index (χ4v) is 2.17. The van der Waals surface area contributed by atoms with Gasteiger partial charge in [-0.1, -0.05) is 13.8 Å². The molecule has 1 atom stereocenters. The second-order valence-electron chi connectivity index (χ2n) is 2.94. The van der Waals surface area contributed by atoms with E-state index in [1.165, 1.54) is 6.42 Å². The van der Waals surface area contributed by atoms with Crippen LogP contribution in [0.15, 0.2) is 0 Å². The summed E-state index contributed by atoms with van der Waals surface area (Å²) in [6.07, 6.45) is 3.39. The summed E-state index contributed by atoms with van der Waals surface area (Å²) in [6.45, 7) is 4.37. The van der Waals surface area contributed by atoms with Gasteiger partial charge in [-0.3, -0.25) is 0 Å². The van der Waals surface area contributed by atoms with Crippen LogP contribution in [0.25, 0.3) is 0 Å². The Bertz CT molecular complexity index is 155. The van der Waals surface area contributed by atoms with E-state index in [-0.39, 0.29) is 4.75 Å². The van der Waals surface area contributed by atoms with Gasteiger partial charge in [0, 0.05) is 5.25 Å². The molecule has 2 heteroatoms. The quantitative estimate of drug-likeness (QED) is 0.625. The third-order valence-corrected chi connectivity index (χ3v) is 3.60. The zero-order valence-corrected chi connectivity index (χ0v) is 7.37. The van der Waals surface area contributed by atoms with Crippen molar-refractivity contribution in [3.63, 3.8) is 0 Å². The predicted molar refractivity (Wildman–Crippen MR) is 44.9 cm³/mol. The molecule has 1 aliphatic carbocycles. The molecule has 0 aromatic carbocycles. The fraction of sp³-hybridized carbons (Fsp3) is 0.875. The lowest BCUT2D eigenvalue weighted by Gasteiger charge is -2.10. The van der Waals surface area contributed by atoms with E-state index in [1.54, 1.807) is 0 Å². The Morgan fingerprint density at radius 1 is 1.70 bits per heavy atom. The molecule has 0 saturated heterocycles. The molecule has 10 heavy (non-hydrogen) atoms. The van der Waals surface area contributed by atoms with Crippen molar-refractivity contribution in [3.05, 3.63) is 0 Å². The largest absolute Gasteiger partial charge is 0.197 e. The Morgan fingerprint density at radius 2 is 2.30 bits per heavy atom. The van der Waals surface area contributed by atoms with Gasteiger partial charge < -0.3 is 0 Å². The third-order valence-electron chi connectivity index (χ3n) is 1.91. The second kappa shape index (κ2) is 2.84. The molecule has 0 N–H and O–H groups in total. The van der Waals surface area contributed by atoms with E-state index < -0.39 is 0 Å². The molecule has 1 aliphatic rings. The molecule has 0 heterocycles. The maximum atomic E-state index is 8.73. The number of hydrogen-bond donors (Lipinski definition) is 0. The molecule has 1 saturated carbocycles. The molecule has 0 radical (unpaired) electrons. The number of nitriles is 1. The van der Waals surface area contributed by atoms with Crippen molar-refractivity contribution < 1.29 is 0 Å². The van der Waals surface area contributed by atoms with Crippen LogP contribution in [0.2, 0.25) is 0 Å². The molecule has 1 nitrogen and oxygen atoms in total. The highest BCUT2D eigenvalue weighted by Crippen LogP contribution is 2.49. The van der Waals surface area contributed by atoms with Gasteiger partial charge in [0.15, 0.2) is 0 Å². The van der Waals surface area contributed by atoms with E-state index in [9.17, 15) is 0 Å². The summed E-state index contributed by atoms with van der Waals surface area (Å²) in [5, 5.41) is 9.38. The van der Waals surface area contributed by atoms with Crippen molar-refractivity contribution in [1.82, 2.24) is 0 Å². The van der Waals surface area contributed by atoms with Gasteiger partial charge in [-0.05, 0) is 19.3 Å². The van der Waals surface area contributed by atoms with Crippen LogP contribution < -0.4 is 0 Å². The molecule has 0 aromatic heterocycles. The van der Waals surface area contributed by atoms with E-state index in [1.807, 2.05) is 11.8 Å². The molecule has 0 bridgehead atoms. The predicted octanol–water partition coefficient (Wildman–Crippen LogP) is 2.57. The van der Waals surface area contributed by atoms with E-state index in [0.29, 0.717) is 5.25 Å². The van der Waals surface area contributed by atoms with E-state index in [4.69, 9.17) is 5.26 Å². The van der Waals surface area contributed by atoms with Crippen molar-refractivity contribution in [1.29, 1.82) is 5.26 Å². The van der Waals surface area contributed by atoms with E-state index in [0.717, 1.165) is 12.8 Å². The average molecular weight is 155 g/mol. The van der Waals surface area contributed by atoms with Gasteiger partial charge in [0.05, 0.1) is 6.07 Å². The normalized spacial score (nSPS) is 23.3. The zero-order chi connectivity index (χ0) is 7.61. The topological polar surface area (TPSA) is 23.8 Å². The lowest BCUT2D eigenvalue weighted by Crippen LogP contribution is -2.05. The number of nitrogens with zero attached hydrogens (tertiary/aromatic N) is 1. The molecule has 1 fully saturated rings. The minimum Gasteiger partial charge on any atom is -0.197 e. The summed E-state index contributed by atoms with van der Waals surface area (Å²) in [6, 6.07) is 2.38. The third kappa shape index (κ3) is 1.67. The minimum absolute atomic E-state index is 0.0371. The summed E-state index contributed by atoms with van der Waals surface area (Å²) in [5.74, 6) is 0. The molecular formula is C8H13NS. The molecule has 1 rings (SSSR count). The number of thioether (sulfide) groups is 1. The monoisotopic (exact) mass is 155 g/mol. The van der Waals surface area contributed by atoms with E-state index >= 15 is 0 Å². The lowest BCUT2D eigenvalue weighted by atomic mass is 10.4.